The van der Waals surface area contributed by atoms with E-state index in [1.54, 1.807) is 0 Å². The number of thioether (sulfide) groups is 1. The SMILES string of the molecule is COc1ccc(NC(=O)CSc2nnc(-c3ccc(Br)cc3)c(-c3ccc(Br)cc3)n2)c([N+](=O)[O-])c1. The number of methoxy groups -OCH3 is 1. The van der Waals surface area contributed by atoms with Crippen molar-refractivity contribution < 1.29 is 14.5 Å². The summed E-state index contributed by atoms with van der Waals surface area (Å²) in [6.07, 6.45) is 0. The van der Waals surface area contributed by atoms with Crippen LogP contribution in [0.5, 0.6) is 5.75 Å². The van der Waals surface area contributed by atoms with Crippen molar-refractivity contribution in [3.63, 3.8) is 0 Å². The maximum Gasteiger partial charge on any atom is 0.296 e. The minimum atomic E-state index is -0.580. The van der Waals surface area contributed by atoms with Crippen molar-refractivity contribution >= 4 is 60.9 Å². The molecule has 1 N–H and O–H groups in total. The molecule has 36 heavy (non-hydrogen) atoms. The molecule has 1 heterocycles. The highest BCUT2D eigenvalue weighted by atomic mass is 79.9. The molecule has 12 heteroatoms. The summed E-state index contributed by atoms with van der Waals surface area (Å²) in [5, 5.41) is 22.8. The molecule has 4 rings (SSSR count). The quantitative estimate of drug-likeness (QED) is 0.135. The van der Waals surface area contributed by atoms with Crippen LogP contribution in [-0.2, 0) is 4.79 Å². The van der Waals surface area contributed by atoms with Gasteiger partial charge in [-0.15, -0.1) is 10.2 Å². The van der Waals surface area contributed by atoms with Gasteiger partial charge in [-0.1, -0.05) is 67.9 Å². The normalized spacial score (nSPS) is 10.6. The molecule has 1 amide bonds. The van der Waals surface area contributed by atoms with Crippen LogP contribution < -0.4 is 10.1 Å². The van der Waals surface area contributed by atoms with Gasteiger partial charge in [0.1, 0.15) is 22.8 Å². The number of anilines is 1. The van der Waals surface area contributed by atoms with E-state index in [1.807, 2.05) is 48.5 Å². The van der Waals surface area contributed by atoms with Crippen molar-refractivity contribution in [2.24, 2.45) is 0 Å². The van der Waals surface area contributed by atoms with E-state index in [-0.39, 0.29) is 17.1 Å². The molecule has 0 atom stereocenters. The maximum atomic E-state index is 12.6. The Labute approximate surface area is 227 Å². The lowest BCUT2D eigenvalue weighted by Crippen LogP contribution is -2.15. The number of nitrogens with zero attached hydrogens (tertiary/aromatic N) is 4. The molecule has 0 unspecified atom stereocenters. The number of carbonyl (C=O) groups excluding carboxylic acids is 1. The molecule has 0 radical (unpaired) electrons. The van der Waals surface area contributed by atoms with E-state index < -0.39 is 10.8 Å². The highest BCUT2D eigenvalue weighted by Gasteiger charge is 2.19. The van der Waals surface area contributed by atoms with E-state index in [1.165, 1.54) is 25.3 Å². The Bertz CT molecular complexity index is 1420. The van der Waals surface area contributed by atoms with Crippen molar-refractivity contribution in [1.82, 2.24) is 15.2 Å². The first kappa shape index (κ1) is 25.7. The number of halogens is 2. The first-order valence-corrected chi connectivity index (χ1v) is 12.9. The largest absolute Gasteiger partial charge is 0.496 e. The van der Waals surface area contributed by atoms with Gasteiger partial charge in [0, 0.05) is 20.1 Å². The summed E-state index contributed by atoms with van der Waals surface area (Å²) in [5.41, 5.74) is 2.72. The number of nitrogens with one attached hydrogen (secondary N) is 1. The van der Waals surface area contributed by atoms with E-state index in [0.717, 1.165) is 31.8 Å². The average Bonchev–Trinajstić information content (AvgIpc) is 2.88. The van der Waals surface area contributed by atoms with Gasteiger partial charge in [0.05, 0.1) is 23.9 Å². The molecule has 4 aromatic rings. The summed E-state index contributed by atoms with van der Waals surface area (Å²) >= 11 is 7.96. The van der Waals surface area contributed by atoms with Crippen LogP contribution in [-0.4, -0.2) is 38.9 Å². The van der Waals surface area contributed by atoms with Crippen LogP contribution >= 0.6 is 43.6 Å². The third kappa shape index (κ3) is 6.25. The second-order valence-corrected chi connectivity index (χ2v) is 10.1. The Hall–Kier alpha value is -3.35. The van der Waals surface area contributed by atoms with Crippen molar-refractivity contribution in [2.75, 3.05) is 18.2 Å². The highest BCUT2D eigenvalue weighted by molar-refractivity contribution is 9.10. The standard InChI is InChI=1S/C24H17Br2N5O4S/c1-35-18-10-11-19(20(12-18)31(33)34)27-21(32)13-36-24-28-22(14-2-6-16(25)7-3-14)23(29-30-24)15-4-8-17(26)9-5-15/h2-12H,13H2,1H3,(H,27,32). The van der Waals surface area contributed by atoms with E-state index in [2.05, 4.69) is 52.4 Å². The molecule has 0 bridgehead atoms. The van der Waals surface area contributed by atoms with Gasteiger partial charge in [0.25, 0.3) is 5.69 Å². The summed E-state index contributed by atoms with van der Waals surface area (Å²) in [7, 11) is 1.41. The lowest BCUT2D eigenvalue weighted by atomic mass is 10.0. The molecule has 0 saturated carbocycles. The van der Waals surface area contributed by atoms with Crippen molar-refractivity contribution in [1.29, 1.82) is 0 Å². The molecule has 182 valence electrons. The molecular weight excluding hydrogens is 614 g/mol. The summed E-state index contributed by atoms with van der Waals surface area (Å²) in [4.78, 5) is 28.0. The number of hydrogen-bond donors (Lipinski definition) is 1. The number of aromatic nitrogens is 3. The van der Waals surface area contributed by atoms with E-state index >= 15 is 0 Å². The Kier molecular flexibility index (Phi) is 8.28. The molecule has 0 spiro atoms. The summed E-state index contributed by atoms with van der Waals surface area (Å²) in [6.45, 7) is 0. The molecule has 0 aliphatic heterocycles. The Balaban J connectivity index is 1.56. The predicted octanol–water partition coefficient (Wildman–Crippen LogP) is 6.38. The smallest absolute Gasteiger partial charge is 0.296 e. The molecule has 3 aromatic carbocycles. The van der Waals surface area contributed by atoms with Crippen LogP contribution in [0, 0.1) is 10.1 Å². The summed E-state index contributed by atoms with van der Waals surface area (Å²) in [6, 6.07) is 19.5. The van der Waals surface area contributed by atoms with E-state index in [4.69, 9.17) is 4.74 Å². The molecule has 0 saturated heterocycles. The monoisotopic (exact) mass is 629 g/mol. The van der Waals surface area contributed by atoms with Crippen LogP contribution in [0.25, 0.3) is 22.5 Å². The van der Waals surface area contributed by atoms with Crippen molar-refractivity contribution in [3.05, 3.63) is 85.8 Å². The van der Waals surface area contributed by atoms with E-state index in [0.29, 0.717) is 22.3 Å². The van der Waals surface area contributed by atoms with Crippen LogP contribution in [0.4, 0.5) is 11.4 Å². The molecule has 1 aromatic heterocycles. The van der Waals surface area contributed by atoms with Gasteiger partial charge >= 0.3 is 0 Å². The third-order valence-corrected chi connectivity index (χ3v) is 6.81. The topological polar surface area (TPSA) is 120 Å². The Morgan fingerprint density at radius 1 is 0.972 bits per heavy atom. The minimum Gasteiger partial charge on any atom is -0.496 e. The molecular formula is C24H17Br2N5O4S. The van der Waals surface area contributed by atoms with Crippen LogP contribution in [0.3, 0.4) is 0 Å². The predicted molar refractivity (Wildman–Crippen MR) is 145 cm³/mol. The highest BCUT2D eigenvalue weighted by Crippen LogP contribution is 2.32. The zero-order valence-corrected chi connectivity index (χ0v) is 22.6. The lowest BCUT2D eigenvalue weighted by Gasteiger charge is -2.10. The van der Waals surface area contributed by atoms with Gasteiger partial charge in [-0.25, -0.2) is 4.98 Å². The second-order valence-electron chi connectivity index (χ2n) is 7.28. The summed E-state index contributed by atoms with van der Waals surface area (Å²) < 4.78 is 6.89. The van der Waals surface area contributed by atoms with Gasteiger partial charge in [0.15, 0.2) is 0 Å². The minimum absolute atomic E-state index is 0.0672. The Morgan fingerprint density at radius 3 is 2.17 bits per heavy atom. The zero-order valence-electron chi connectivity index (χ0n) is 18.6. The van der Waals surface area contributed by atoms with Gasteiger partial charge in [-0.2, -0.15) is 0 Å². The molecule has 9 nitrogen and oxygen atoms in total. The first-order valence-electron chi connectivity index (χ1n) is 10.4. The second kappa shape index (κ2) is 11.6. The number of rotatable bonds is 8. The van der Waals surface area contributed by atoms with Gasteiger partial charge in [-0.05, 0) is 36.4 Å². The fourth-order valence-corrected chi connectivity index (χ4v) is 4.31. The number of nitro benzene ring substituents is 1. The number of carbonyl (C=O) groups is 1. The number of ether oxygens (including phenoxy) is 1. The third-order valence-electron chi connectivity index (χ3n) is 4.91. The number of benzene rings is 3. The lowest BCUT2D eigenvalue weighted by molar-refractivity contribution is -0.384. The molecule has 0 fully saturated rings. The van der Waals surface area contributed by atoms with Crippen molar-refractivity contribution in [3.8, 4) is 28.3 Å². The molecule has 0 aliphatic carbocycles. The Morgan fingerprint density at radius 2 is 1.58 bits per heavy atom. The number of amides is 1. The van der Waals surface area contributed by atoms with Gasteiger partial charge in [0.2, 0.25) is 11.1 Å². The fourth-order valence-electron chi connectivity index (χ4n) is 3.20. The number of nitro groups is 1. The van der Waals surface area contributed by atoms with Crippen LogP contribution in [0.1, 0.15) is 0 Å². The fraction of sp³-hybridized carbons (Fsp3) is 0.0833. The van der Waals surface area contributed by atoms with Crippen LogP contribution in [0.2, 0.25) is 0 Å². The van der Waals surface area contributed by atoms with Crippen LogP contribution in [0.15, 0.2) is 80.8 Å². The maximum absolute atomic E-state index is 12.6. The zero-order chi connectivity index (χ0) is 25.7. The molecule has 0 aliphatic rings. The van der Waals surface area contributed by atoms with Crippen molar-refractivity contribution in [2.45, 2.75) is 5.16 Å². The van der Waals surface area contributed by atoms with Gasteiger partial charge in [-0.3, -0.25) is 14.9 Å². The first-order chi connectivity index (χ1) is 17.3. The van der Waals surface area contributed by atoms with E-state index in [9.17, 15) is 14.9 Å². The van der Waals surface area contributed by atoms with Gasteiger partial charge < -0.3 is 10.1 Å². The number of hydrogen-bond acceptors (Lipinski definition) is 8. The summed E-state index contributed by atoms with van der Waals surface area (Å²) in [5.74, 6) is -0.193. The average molecular weight is 631 g/mol.